The zero-order chi connectivity index (χ0) is 19.8. The van der Waals surface area contributed by atoms with Crippen molar-refractivity contribution in [1.82, 2.24) is 4.72 Å². The molecule has 0 aromatic heterocycles. The first-order chi connectivity index (χ1) is 12.6. The maximum absolute atomic E-state index is 13.0. The minimum Gasteiger partial charge on any atom is -0.454 e. The quantitative estimate of drug-likeness (QED) is 0.607. The second-order valence-corrected chi connectivity index (χ2v) is 7.21. The highest BCUT2D eigenvalue weighted by Crippen LogP contribution is 2.37. The third kappa shape index (κ3) is 3.95. The number of alkyl halides is 3. The van der Waals surface area contributed by atoms with E-state index in [2.05, 4.69) is 4.72 Å². The van der Waals surface area contributed by atoms with Gasteiger partial charge in [-0.05, 0) is 29.8 Å². The molecule has 27 heavy (non-hydrogen) atoms. The molecule has 0 bridgehead atoms. The van der Waals surface area contributed by atoms with E-state index in [1.165, 1.54) is 6.07 Å². The number of nitro groups is 1. The van der Waals surface area contributed by atoms with E-state index in [4.69, 9.17) is 9.47 Å². The predicted molar refractivity (Wildman–Crippen MR) is 84.7 cm³/mol. The lowest BCUT2D eigenvalue weighted by molar-refractivity contribution is -0.388. The summed E-state index contributed by atoms with van der Waals surface area (Å²) in [7, 11) is -4.34. The van der Waals surface area contributed by atoms with Gasteiger partial charge in [-0.1, -0.05) is 6.07 Å². The van der Waals surface area contributed by atoms with Crippen LogP contribution in [0, 0.1) is 10.1 Å². The molecule has 0 atom stereocenters. The number of rotatable bonds is 5. The van der Waals surface area contributed by atoms with E-state index in [1.54, 1.807) is 12.1 Å². The van der Waals surface area contributed by atoms with Gasteiger partial charge in [0.05, 0.1) is 9.82 Å². The number of nitrogens with one attached hydrogen (secondary N) is 1. The van der Waals surface area contributed by atoms with E-state index in [1.807, 2.05) is 0 Å². The van der Waals surface area contributed by atoms with Crippen molar-refractivity contribution in [2.24, 2.45) is 0 Å². The normalized spacial score (nSPS) is 13.6. The highest BCUT2D eigenvalue weighted by Gasteiger charge is 2.39. The van der Waals surface area contributed by atoms with Crippen LogP contribution in [-0.4, -0.2) is 20.1 Å². The van der Waals surface area contributed by atoms with Crippen molar-refractivity contribution >= 4 is 15.7 Å². The summed E-state index contributed by atoms with van der Waals surface area (Å²) in [4.78, 5) is 8.79. The molecule has 0 unspecified atom stereocenters. The van der Waals surface area contributed by atoms with Gasteiger partial charge in [0.1, 0.15) is 5.56 Å². The summed E-state index contributed by atoms with van der Waals surface area (Å²) >= 11 is 0. The van der Waals surface area contributed by atoms with Gasteiger partial charge in [0, 0.05) is 12.6 Å². The lowest BCUT2D eigenvalue weighted by Crippen LogP contribution is -2.24. The topological polar surface area (TPSA) is 108 Å². The molecule has 0 radical (unpaired) electrons. The Kier molecular flexibility index (Phi) is 4.70. The molecule has 12 heteroatoms. The fourth-order valence-electron chi connectivity index (χ4n) is 2.38. The third-order valence-electron chi connectivity index (χ3n) is 3.68. The van der Waals surface area contributed by atoms with Gasteiger partial charge in [-0.15, -0.1) is 0 Å². The summed E-state index contributed by atoms with van der Waals surface area (Å²) in [5.41, 5.74) is -2.38. The van der Waals surface area contributed by atoms with Crippen molar-refractivity contribution < 1.29 is 36.0 Å². The van der Waals surface area contributed by atoms with Crippen molar-refractivity contribution in [3.8, 4) is 11.5 Å². The second kappa shape index (κ2) is 6.70. The van der Waals surface area contributed by atoms with Crippen LogP contribution in [0.2, 0.25) is 0 Å². The Morgan fingerprint density at radius 3 is 2.48 bits per heavy atom. The Labute approximate surface area is 150 Å². The summed E-state index contributed by atoms with van der Waals surface area (Å²) in [6.07, 6.45) is -5.08. The van der Waals surface area contributed by atoms with E-state index in [0.29, 0.717) is 23.1 Å². The number of hydrogen-bond acceptors (Lipinski definition) is 6. The number of halogens is 3. The number of nitro benzene ring substituents is 1. The van der Waals surface area contributed by atoms with Crippen molar-refractivity contribution in [2.75, 3.05) is 6.79 Å². The maximum Gasteiger partial charge on any atom is 0.423 e. The summed E-state index contributed by atoms with van der Waals surface area (Å²) in [6.45, 7) is -0.190. The Balaban J connectivity index is 1.85. The van der Waals surface area contributed by atoms with Crippen LogP contribution in [-0.2, 0) is 22.7 Å². The maximum atomic E-state index is 13.0. The minimum absolute atomic E-state index is 0.0352. The molecule has 2 aromatic rings. The molecular weight excluding hydrogens is 393 g/mol. The van der Waals surface area contributed by atoms with Crippen LogP contribution in [0.3, 0.4) is 0 Å². The van der Waals surface area contributed by atoms with Crippen molar-refractivity contribution in [1.29, 1.82) is 0 Å². The molecule has 0 amide bonds. The fourth-order valence-corrected chi connectivity index (χ4v) is 3.42. The minimum atomic E-state index is -5.08. The van der Waals surface area contributed by atoms with Crippen LogP contribution in [0.5, 0.6) is 11.5 Å². The standard InChI is InChI=1S/C15H11F3N2O6S/c16-15(17,18)11-6-10(2-3-12(11)20(21)22)27(23,24)19-7-9-1-4-13-14(5-9)26-8-25-13/h1-6,19H,7-8H2. The van der Waals surface area contributed by atoms with Gasteiger partial charge in [-0.25, -0.2) is 13.1 Å². The lowest BCUT2D eigenvalue weighted by Gasteiger charge is -2.11. The predicted octanol–water partition coefficient (Wildman–Crippen LogP) is 2.82. The molecule has 0 saturated heterocycles. The van der Waals surface area contributed by atoms with E-state index < -0.39 is 37.3 Å². The molecule has 1 aliphatic heterocycles. The van der Waals surface area contributed by atoms with Crippen LogP contribution in [0.25, 0.3) is 0 Å². The number of fused-ring (bicyclic) bond motifs is 1. The van der Waals surface area contributed by atoms with Gasteiger partial charge >= 0.3 is 6.18 Å². The molecule has 0 spiro atoms. The number of sulfonamides is 1. The second-order valence-electron chi connectivity index (χ2n) is 5.45. The van der Waals surface area contributed by atoms with Crippen molar-refractivity contribution in [3.63, 3.8) is 0 Å². The van der Waals surface area contributed by atoms with Crippen LogP contribution >= 0.6 is 0 Å². The van der Waals surface area contributed by atoms with Gasteiger partial charge in [0.25, 0.3) is 5.69 Å². The number of nitrogens with zero attached hydrogens (tertiary/aromatic N) is 1. The lowest BCUT2D eigenvalue weighted by atomic mass is 10.2. The smallest absolute Gasteiger partial charge is 0.423 e. The average Bonchev–Trinajstić information content (AvgIpc) is 3.06. The first kappa shape index (κ1) is 18.9. The largest absolute Gasteiger partial charge is 0.454 e. The molecule has 1 aliphatic rings. The molecule has 1 N–H and O–H groups in total. The average molecular weight is 404 g/mol. The molecule has 8 nitrogen and oxygen atoms in total. The SMILES string of the molecule is O=[N+]([O-])c1ccc(S(=O)(=O)NCc2ccc3c(c2)OCO3)cc1C(F)(F)F. The first-order valence-electron chi connectivity index (χ1n) is 7.32. The highest BCUT2D eigenvalue weighted by molar-refractivity contribution is 7.89. The number of hydrogen-bond donors (Lipinski definition) is 1. The molecule has 0 aliphatic carbocycles. The summed E-state index contributed by atoms with van der Waals surface area (Å²) in [5, 5.41) is 10.8. The van der Waals surface area contributed by atoms with Crippen molar-refractivity contribution in [3.05, 3.63) is 57.6 Å². The van der Waals surface area contributed by atoms with E-state index in [9.17, 15) is 31.7 Å². The third-order valence-corrected chi connectivity index (χ3v) is 5.08. The molecule has 0 saturated carbocycles. The summed E-state index contributed by atoms with van der Waals surface area (Å²) < 4.78 is 76.0. The van der Waals surface area contributed by atoms with Gasteiger partial charge in [-0.3, -0.25) is 10.1 Å². The Hall–Kier alpha value is -2.86. The highest BCUT2D eigenvalue weighted by atomic mass is 32.2. The number of ether oxygens (including phenoxy) is 2. The van der Waals surface area contributed by atoms with Crippen LogP contribution in [0.1, 0.15) is 11.1 Å². The van der Waals surface area contributed by atoms with Crippen LogP contribution in [0.15, 0.2) is 41.3 Å². The Morgan fingerprint density at radius 2 is 1.81 bits per heavy atom. The van der Waals surface area contributed by atoms with E-state index in [-0.39, 0.29) is 19.4 Å². The Morgan fingerprint density at radius 1 is 1.11 bits per heavy atom. The molecule has 1 heterocycles. The molecule has 144 valence electrons. The van der Waals surface area contributed by atoms with Gasteiger partial charge in [0.15, 0.2) is 11.5 Å². The van der Waals surface area contributed by atoms with E-state index >= 15 is 0 Å². The molecule has 3 rings (SSSR count). The summed E-state index contributed by atoms with van der Waals surface area (Å²) in [5.74, 6) is 0.910. The zero-order valence-corrected chi connectivity index (χ0v) is 14.1. The molecule has 0 fully saturated rings. The van der Waals surface area contributed by atoms with E-state index in [0.717, 1.165) is 6.07 Å². The van der Waals surface area contributed by atoms with Crippen LogP contribution in [0.4, 0.5) is 18.9 Å². The zero-order valence-electron chi connectivity index (χ0n) is 13.3. The Bertz CT molecular complexity index is 1010. The van der Waals surface area contributed by atoms with Gasteiger partial charge in [-0.2, -0.15) is 13.2 Å². The summed E-state index contributed by atoms with van der Waals surface area (Å²) in [6, 6.07) is 6.15. The number of benzene rings is 2. The van der Waals surface area contributed by atoms with Crippen molar-refractivity contribution in [2.45, 2.75) is 17.6 Å². The molecule has 2 aromatic carbocycles. The van der Waals surface area contributed by atoms with Gasteiger partial charge < -0.3 is 9.47 Å². The monoisotopic (exact) mass is 404 g/mol. The van der Waals surface area contributed by atoms with Gasteiger partial charge in [0.2, 0.25) is 16.8 Å². The fraction of sp³-hybridized carbons (Fsp3) is 0.200. The van der Waals surface area contributed by atoms with Crippen LogP contribution < -0.4 is 14.2 Å². The first-order valence-corrected chi connectivity index (χ1v) is 8.80. The molecular formula is C15H11F3N2O6S.